The van der Waals surface area contributed by atoms with Gasteiger partial charge in [0.05, 0.1) is 11.1 Å². The lowest BCUT2D eigenvalue weighted by molar-refractivity contribution is -0.124. The van der Waals surface area contributed by atoms with Gasteiger partial charge in [-0.1, -0.05) is 48.0 Å². The number of rotatable bonds is 5. The van der Waals surface area contributed by atoms with Crippen LogP contribution in [0.1, 0.15) is 24.8 Å². The molecular weight excluding hydrogens is 382 g/mol. The van der Waals surface area contributed by atoms with Gasteiger partial charge in [0.15, 0.2) is 0 Å². The lowest BCUT2D eigenvalue weighted by atomic mass is 9.64. The van der Waals surface area contributed by atoms with E-state index in [0.717, 1.165) is 36.2 Å². The van der Waals surface area contributed by atoms with Crippen LogP contribution in [0.3, 0.4) is 0 Å². The van der Waals surface area contributed by atoms with E-state index in [-0.39, 0.29) is 5.91 Å². The van der Waals surface area contributed by atoms with E-state index in [1.165, 1.54) is 11.8 Å². The van der Waals surface area contributed by atoms with E-state index in [4.69, 9.17) is 11.6 Å². The molecule has 0 unspecified atom stereocenters. The van der Waals surface area contributed by atoms with Crippen molar-refractivity contribution in [1.82, 2.24) is 20.2 Å². The summed E-state index contributed by atoms with van der Waals surface area (Å²) < 4.78 is 1.65. The Morgan fingerprint density at radius 1 is 1.22 bits per heavy atom. The summed E-state index contributed by atoms with van der Waals surface area (Å²) in [6.07, 6.45) is 4.63. The summed E-state index contributed by atoms with van der Waals surface area (Å²) in [7, 11) is 0. The predicted molar refractivity (Wildman–Crippen MR) is 107 cm³/mol. The van der Waals surface area contributed by atoms with Gasteiger partial charge in [0.25, 0.3) is 0 Å². The summed E-state index contributed by atoms with van der Waals surface area (Å²) in [6.45, 7) is 0. The van der Waals surface area contributed by atoms with Crippen molar-refractivity contribution in [3.8, 4) is 5.69 Å². The minimum Gasteiger partial charge on any atom is -0.325 e. The normalized spacial score (nSPS) is 15.2. The van der Waals surface area contributed by atoms with Crippen LogP contribution in [0, 0.1) is 0 Å². The second-order valence-corrected chi connectivity index (χ2v) is 7.73. The van der Waals surface area contributed by atoms with Crippen molar-refractivity contribution >= 4 is 35.0 Å². The van der Waals surface area contributed by atoms with E-state index < -0.39 is 5.41 Å². The maximum atomic E-state index is 13.1. The first-order valence-corrected chi connectivity index (χ1v) is 10.2. The Hall–Kier alpha value is -2.38. The SMILES string of the molecule is CSc1nnnn1-c1cccc(NC(=O)C2(c3ccc(Cl)cc3)CCC2)c1. The number of amides is 1. The molecular formula is C19H18ClN5OS. The van der Waals surface area contributed by atoms with Gasteiger partial charge in [0.2, 0.25) is 11.1 Å². The van der Waals surface area contributed by atoms with Gasteiger partial charge in [-0.25, -0.2) is 0 Å². The Morgan fingerprint density at radius 3 is 2.67 bits per heavy atom. The number of tetrazole rings is 1. The molecule has 2 aromatic carbocycles. The summed E-state index contributed by atoms with van der Waals surface area (Å²) in [6, 6.07) is 15.1. The third-order valence-electron chi connectivity index (χ3n) is 5.01. The van der Waals surface area contributed by atoms with Gasteiger partial charge in [-0.3, -0.25) is 4.79 Å². The molecule has 3 aromatic rings. The topological polar surface area (TPSA) is 72.7 Å². The highest BCUT2D eigenvalue weighted by atomic mass is 35.5. The lowest BCUT2D eigenvalue weighted by Gasteiger charge is -2.40. The first-order valence-electron chi connectivity index (χ1n) is 8.63. The second-order valence-electron chi connectivity index (χ2n) is 6.52. The van der Waals surface area contributed by atoms with Crippen LogP contribution in [0.2, 0.25) is 5.02 Å². The van der Waals surface area contributed by atoms with Crippen LogP contribution in [0.5, 0.6) is 0 Å². The Morgan fingerprint density at radius 2 is 2.00 bits per heavy atom. The van der Waals surface area contributed by atoms with Gasteiger partial charge in [-0.2, -0.15) is 4.68 Å². The van der Waals surface area contributed by atoms with Gasteiger partial charge < -0.3 is 5.32 Å². The molecule has 1 fully saturated rings. The highest BCUT2D eigenvalue weighted by Crippen LogP contribution is 2.45. The average molecular weight is 400 g/mol. The van der Waals surface area contributed by atoms with E-state index in [2.05, 4.69) is 20.8 Å². The van der Waals surface area contributed by atoms with Crippen LogP contribution < -0.4 is 5.32 Å². The number of anilines is 1. The second kappa shape index (κ2) is 7.32. The van der Waals surface area contributed by atoms with E-state index in [9.17, 15) is 4.79 Å². The molecule has 1 aliphatic carbocycles. The smallest absolute Gasteiger partial charge is 0.235 e. The quantitative estimate of drug-likeness (QED) is 0.654. The molecule has 1 aliphatic rings. The average Bonchev–Trinajstić information content (AvgIpc) is 3.11. The minimum absolute atomic E-state index is 0.00928. The van der Waals surface area contributed by atoms with Crippen LogP contribution in [-0.4, -0.2) is 32.4 Å². The molecule has 0 bridgehead atoms. The summed E-state index contributed by atoms with van der Waals surface area (Å²) in [5.41, 5.74) is 2.05. The van der Waals surface area contributed by atoms with Crippen LogP contribution in [0.25, 0.3) is 5.69 Å². The van der Waals surface area contributed by atoms with Crippen molar-refractivity contribution in [2.75, 3.05) is 11.6 Å². The van der Waals surface area contributed by atoms with Crippen molar-refractivity contribution in [3.63, 3.8) is 0 Å². The highest BCUT2D eigenvalue weighted by molar-refractivity contribution is 7.98. The number of carbonyl (C=O) groups excluding carboxylic acids is 1. The molecule has 0 saturated heterocycles. The third kappa shape index (κ3) is 3.33. The Balaban J connectivity index is 1.59. The standard InChI is InChI=1S/C19H18ClN5OS/c1-27-18-22-23-24-25(18)16-5-2-4-15(12-16)21-17(26)19(10-3-11-19)13-6-8-14(20)9-7-13/h2,4-9,12H,3,10-11H2,1H3,(H,21,26). The zero-order valence-corrected chi connectivity index (χ0v) is 16.3. The summed E-state index contributed by atoms with van der Waals surface area (Å²) in [5.74, 6) is 0.00928. The number of halogens is 1. The maximum absolute atomic E-state index is 13.1. The summed E-state index contributed by atoms with van der Waals surface area (Å²) in [5, 5.41) is 16.1. The van der Waals surface area contributed by atoms with Gasteiger partial charge in [0, 0.05) is 10.7 Å². The number of thioether (sulfide) groups is 1. The lowest BCUT2D eigenvalue weighted by Crippen LogP contribution is -2.46. The molecule has 4 rings (SSSR count). The number of hydrogen-bond acceptors (Lipinski definition) is 5. The first-order chi connectivity index (χ1) is 13.1. The van der Waals surface area contributed by atoms with Crippen LogP contribution in [-0.2, 0) is 10.2 Å². The molecule has 0 atom stereocenters. The monoisotopic (exact) mass is 399 g/mol. The van der Waals surface area contributed by atoms with Gasteiger partial charge in [0.1, 0.15) is 0 Å². The number of nitrogens with zero attached hydrogens (tertiary/aromatic N) is 4. The molecule has 1 N–H and O–H groups in total. The summed E-state index contributed by atoms with van der Waals surface area (Å²) in [4.78, 5) is 13.1. The molecule has 27 heavy (non-hydrogen) atoms. The Labute approximate surface area is 166 Å². The number of benzene rings is 2. The predicted octanol–water partition coefficient (Wildman–Crippen LogP) is 4.10. The van der Waals surface area contributed by atoms with Gasteiger partial charge in [-0.15, -0.1) is 5.10 Å². The fourth-order valence-corrected chi connectivity index (χ4v) is 3.94. The Kier molecular flexibility index (Phi) is 4.88. The molecule has 0 aliphatic heterocycles. The molecule has 0 radical (unpaired) electrons. The van der Waals surface area contributed by atoms with Crippen LogP contribution >= 0.6 is 23.4 Å². The molecule has 1 aromatic heterocycles. The summed E-state index contributed by atoms with van der Waals surface area (Å²) >= 11 is 7.46. The van der Waals surface area contributed by atoms with E-state index in [0.29, 0.717) is 10.2 Å². The number of carbonyl (C=O) groups is 1. The number of hydrogen-bond donors (Lipinski definition) is 1. The van der Waals surface area contributed by atoms with E-state index in [1.807, 2.05) is 54.8 Å². The van der Waals surface area contributed by atoms with Crippen molar-refractivity contribution in [2.45, 2.75) is 29.8 Å². The molecule has 0 spiro atoms. The van der Waals surface area contributed by atoms with Crippen LogP contribution in [0.4, 0.5) is 5.69 Å². The van der Waals surface area contributed by atoms with Crippen molar-refractivity contribution in [1.29, 1.82) is 0 Å². The first kappa shape index (κ1) is 18.0. The van der Waals surface area contributed by atoms with Crippen LogP contribution in [0.15, 0.2) is 53.7 Å². The molecule has 6 nitrogen and oxygen atoms in total. The zero-order valence-electron chi connectivity index (χ0n) is 14.7. The zero-order chi connectivity index (χ0) is 18.9. The number of aromatic nitrogens is 4. The molecule has 1 saturated carbocycles. The fraction of sp³-hybridized carbons (Fsp3) is 0.263. The Bertz CT molecular complexity index is 968. The fourth-order valence-electron chi connectivity index (χ4n) is 3.38. The molecule has 1 amide bonds. The van der Waals surface area contributed by atoms with E-state index >= 15 is 0 Å². The largest absolute Gasteiger partial charge is 0.325 e. The molecule has 1 heterocycles. The van der Waals surface area contributed by atoms with Crippen molar-refractivity contribution in [2.24, 2.45) is 0 Å². The number of nitrogens with one attached hydrogen (secondary N) is 1. The van der Waals surface area contributed by atoms with Crippen molar-refractivity contribution < 1.29 is 4.79 Å². The third-order valence-corrected chi connectivity index (χ3v) is 5.88. The highest BCUT2D eigenvalue weighted by Gasteiger charge is 2.45. The van der Waals surface area contributed by atoms with E-state index in [1.54, 1.807) is 4.68 Å². The van der Waals surface area contributed by atoms with Gasteiger partial charge in [-0.05, 0) is 65.4 Å². The van der Waals surface area contributed by atoms with Crippen molar-refractivity contribution in [3.05, 3.63) is 59.1 Å². The molecule has 138 valence electrons. The molecule has 8 heteroatoms. The maximum Gasteiger partial charge on any atom is 0.235 e. The van der Waals surface area contributed by atoms with Gasteiger partial charge >= 0.3 is 0 Å². The minimum atomic E-state index is -0.486.